The predicted octanol–water partition coefficient (Wildman–Crippen LogP) is 3.77. The monoisotopic (exact) mass is 387 g/mol. The first-order chi connectivity index (χ1) is 10.7. The van der Waals surface area contributed by atoms with Gasteiger partial charge in [0.05, 0.1) is 10.3 Å². The molecule has 124 valence electrons. The fourth-order valence-corrected chi connectivity index (χ4v) is 4.49. The van der Waals surface area contributed by atoms with Crippen molar-refractivity contribution in [2.45, 2.75) is 38.6 Å². The van der Waals surface area contributed by atoms with Crippen molar-refractivity contribution >= 4 is 33.2 Å². The van der Waals surface area contributed by atoms with Crippen LogP contribution >= 0.6 is 27.3 Å². The Morgan fingerprint density at radius 3 is 2.73 bits per heavy atom. The molecule has 1 aromatic heterocycles. The third-order valence-electron chi connectivity index (χ3n) is 4.41. The van der Waals surface area contributed by atoms with E-state index in [9.17, 15) is 0 Å². The van der Waals surface area contributed by atoms with Gasteiger partial charge in [-0.25, -0.2) is 0 Å². The lowest BCUT2D eigenvalue weighted by atomic mass is 9.83. The zero-order valence-electron chi connectivity index (χ0n) is 13.5. The Hall–Kier alpha value is -0.590. The fraction of sp³-hybridized carbons (Fsp3) is 0.688. The normalized spacial score (nSPS) is 17.7. The molecule has 1 aliphatic carbocycles. The van der Waals surface area contributed by atoms with Gasteiger partial charge in [-0.15, -0.1) is 11.3 Å². The molecule has 1 saturated carbocycles. The number of rotatable bonds is 7. The van der Waals surface area contributed by atoms with Crippen LogP contribution in [0.3, 0.4) is 0 Å². The van der Waals surface area contributed by atoms with E-state index >= 15 is 0 Å². The fourth-order valence-electron chi connectivity index (χ4n) is 3.07. The first-order valence-corrected chi connectivity index (χ1v) is 9.46. The van der Waals surface area contributed by atoms with Gasteiger partial charge >= 0.3 is 0 Å². The summed E-state index contributed by atoms with van der Waals surface area (Å²) in [5, 5.41) is 6.91. The van der Waals surface area contributed by atoms with Crippen LogP contribution < -0.4 is 10.6 Å². The van der Waals surface area contributed by atoms with Crippen LogP contribution in [-0.4, -0.2) is 33.3 Å². The summed E-state index contributed by atoms with van der Waals surface area (Å²) in [4.78, 5) is 5.63. The molecule has 0 amide bonds. The summed E-state index contributed by atoms with van der Waals surface area (Å²) >= 11 is 5.24. The highest BCUT2D eigenvalue weighted by molar-refractivity contribution is 9.11. The quantitative estimate of drug-likeness (QED) is 0.552. The van der Waals surface area contributed by atoms with Crippen molar-refractivity contribution in [3.8, 4) is 0 Å². The Bertz CT molecular complexity index is 483. The Morgan fingerprint density at radius 2 is 2.14 bits per heavy atom. The van der Waals surface area contributed by atoms with Crippen LogP contribution in [0.5, 0.6) is 0 Å². The smallest absolute Gasteiger partial charge is 0.191 e. The summed E-state index contributed by atoms with van der Waals surface area (Å²) in [5.74, 6) is 0.883. The number of hydrogen-bond acceptors (Lipinski definition) is 3. The van der Waals surface area contributed by atoms with Gasteiger partial charge in [-0.1, -0.05) is 12.8 Å². The van der Waals surface area contributed by atoms with Crippen molar-refractivity contribution in [3.63, 3.8) is 0 Å². The number of hydrogen-bond donors (Lipinski definition) is 2. The van der Waals surface area contributed by atoms with Crippen LogP contribution in [0.25, 0.3) is 0 Å². The Morgan fingerprint density at radius 1 is 1.36 bits per heavy atom. The molecule has 4 nitrogen and oxygen atoms in total. The minimum absolute atomic E-state index is 0.375. The van der Waals surface area contributed by atoms with Crippen LogP contribution in [0.15, 0.2) is 20.9 Å². The highest BCUT2D eigenvalue weighted by Crippen LogP contribution is 2.40. The molecule has 0 radical (unpaired) electrons. The average Bonchev–Trinajstić information content (AvgIpc) is 3.15. The molecule has 22 heavy (non-hydrogen) atoms. The molecule has 0 saturated heterocycles. The lowest BCUT2D eigenvalue weighted by Gasteiger charge is -2.29. The minimum atomic E-state index is 0.375. The Kier molecular flexibility index (Phi) is 7.18. The second-order valence-corrected chi connectivity index (χ2v) is 8.48. The van der Waals surface area contributed by atoms with Gasteiger partial charge in [-0.2, -0.15) is 0 Å². The maximum Gasteiger partial charge on any atom is 0.191 e. The highest BCUT2D eigenvalue weighted by atomic mass is 79.9. The molecule has 6 heteroatoms. The summed E-state index contributed by atoms with van der Waals surface area (Å²) in [6.07, 6.45) is 6.38. The van der Waals surface area contributed by atoms with Crippen molar-refractivity contribution in [1.29, 1.82) is 0 Å². The van der Waals surface area contributed by atoms with Crippen LogP contribution in [0.1, 0.15) is 37.0 Å². The topological polar surface area (TPSA) is 45.7 Å². The summed E-state index contributed by atoms with van der Waals surface area (Å²) in [7, 11) is 3.62. The molecule has 1 aliphatic rings. The number of methoxy groups -OCH3 is 1. The van der Waals surface area contributed by atoms with E-state index < -0.39 is 0 Å². The molecule has 0 atom stereocenters. The van der Waals surface area contributed by atoms with Crippen molar-refractivity contribution in [2.75, 3.05) is 27.3 Å². The van der Waals surface area contributed by atoms with Crippen LogP contribution in [0.2, 0.25) is 0 Å². The molecule has 2 N–H and O–H groups in total. The second-order valence-electron chi connectivity index (χ2n) is 5.94. The number of guanidine groups is 1. The minimum Gasteiger partial charge on any atom is -0.385 e. The molecule has 1 heterocycles. The van der Waals surface area contributed by atoms with Gasteiger partial charge in [0, 0.05) is 32.2 Å². The van der Waals surface area contributed by atoms with Gasteiger partial charge in [0.15, 0.2) is 5.96 Å². The molecular weight excluding hydrogens is 362 g/mol. The largest absolute Gasteiger partial charge is 0.385 e. The van der Waals surface area contributed by atoms with Gasteiger partial charge in [0.1, 0.15) is 0 Å². The number of nitrogens with one attached hydrogen (secondary N) is 2. The molecule has 0 spiro atoms. The first kappa shape index (κ1) is 17.8. The molecule has 2 rings (SSSR count). The second kappa shape index (κ2) is 8.89. The predicted molar refractivity (Wildman–Crippen MR) is 97.6 cm³/mol. The number of aliphatic imine (C=N–C) groups is 1. The van der Waals surface area contributed by atoms with Gasteiger partial charge in [0.25, 0.3) is 0 Å². The summed E-state index contributed by atoms with van der Waals surface area (Å²) in [6, 6.07) is 4.21. The van der Waals surface area contributed by atoms with E-state index in [0.29, 0.717) is 5.41 Å². The number of halogens is 1. The molecule has 0 aromatic carbocycles. The van der Waals surface area contributed by atoms with E-state index in [1.165, 1.54) is 30.6 Å². The Labute approximate surface area is 145 Å². The number of thiophene rings is 1. The van der Waals surface area contributed by atoms with Crippen LogP contribution in [0.4, 0.5) is 0 Å². The van der Waals surface area contributed by atoms with E-state index in [4.69, 9.17) is 4.74 Å². The van der Waals surface area contributed by atoms with E-state index in [2.05, 4.69) is 43.7 Å². The summed E-state index contributed by atoms with van der Waals surface area (Å²) < 4.78 is 6.46. The van der Waals surface area contributed by atoms with Gasteiger partial charge in [-0.3, -0.25) is 4.99 Å². The molecule has 0 aliphatic heterocycles. The zero-order valence-corrected chi connectivity index (χ0v) is 15.9. The summed E-state index contributed by atoms with van der Waals surface area (Å²) in [5.41, 5.74) is 0.375. The van der Waals surface area contributed by atoms with E-state index in [1.54, 1.807) is 18.4 Å². The first-order valence-electron chi connectivity index (χ1n) is 7.85. The maximum atomic E-state index is 5.29. The number of ether oxygens (including phenoxy) is 1. The van der Waals surface area contributed by atoms with E-state index in [1.807, 2.05) is 7.05 Å². The molecule has 1 fully saturated rings. The third-order valence-corrected chi connectivity index (χ3v) is 6.04. The number of nitrogens with zero attached hydrogens (tertiary/aromatic N) is 1. The average molecular weight is 388 g/mol. The molecule has 0 unspecified atom stereocenters. The zero-order chi connectivity index (χ0) is 15.8. The van der Waals surface area contributed by atoms with Crippen molar-refractivity contribution in [2.24, 2.45) is 10.4 Å². The standard InChI is InChI=1S/C16H26BrN3OS/c1-18-15(19-11-13-5-6-14(17)22-13)20-12-16(9-10-21-2)7-3-4-8-16/h5-6H,3-4,7-12H2,1-2H3,(H2,18,19,20). The lowest BCUT2D eigenvalue weighted by molar-refractivity contribution is 0.138. The van der Waals surface area contributed by atoms with Gasteiger partial charge in [0.2, 0.25) is 0 Å². The molecular formula is C16H26BrN3OS. The van der Waals surface area contributed by atoms with Gasteiger partial charge in [-0.05, 0) is 52.7 Å². The van der Waals surface area contributed by atoms with E-state index in [-0.39, 0.29) is 0 Å². The SMILES string of the molecule is CN=C(NCc1ccc(Br)s1)NCC1(CCOC)CCCC1. The van der Waals surface area contributed by atoms with Gasteiger partial charge < -0.3 is 15.4 Å². The van der Waals surface area contributed by atoms with E-state index in [0.717, 1.165) is 35.9 Å². The third kappa shape index (κ3) is 5.25. The van der Waals surface area contributed by atoms with Crippen molar-refractivity contribution in [1.82, 2.24) is 10.6 Å². The molecule has 0 bridgehead atoms. The lowest BCUT2D eigenvalue weighted by Crippen LogP contribution is -2.43. The van der Waals surface area contributed by atoms with Crippen molar-refractivity contribution in [3.05, 3.63) is 20.8 Å². The van der Waals surface area contributed by atoms with Crippen LogP contribution in [-0.2, 0) is 11.3 Å². The molecule has 1 aromatic rings. The Balaban J connectivity index is 1.81. The summed E-state index contributed by atoms with van der Waals surface area (Å²) in [6.45, 7) is 2.63. The van der Waals surface area contributed by atoms with Crippen LogP contribution in [0, 0.1) is 5.41 Å². The van der Waals surface area contributed by atoms with Crippen molar-refractivity contribution < 1.29 is 4.74 Å². The maximum absolute atomic E-state index is 5.29. The highest BCUT2D eigenvalue weighted by Gasteiger charge is 2.33.